The van der Waals surface area contributed by atoms with Crippen LogP contribution in [0.4, 0.5) is 4.39 Å². The summed E-state index contributed by atoms with van der Waals surface area (Å²) in [6.45, 7) is 6.20. The van der Waals surface area contributed by atoms with Gasteiger partial charge in [0.2, 0.25) is 17.6 Å². The minimum atomic E-state index is -0.309. The van der Waals surface area contributed by atoms with Gasteiger partial charge in [-0.3, -0.25) is 9.69 Å². The highest BCUT2D eigenvalue weighted by atomic mass is 19.1. The molecule has 1 fully saturated rings. The Labute approximate surface area is 194 Å². The monoisotopic (exact) mass is 450 g/mol. The maximum absolute atomic E-state index is 13.0. The molecule has 0 bridgehead atoms. The van der Waals surface area contributed by atoms with Crippen molar-refractivity contribution in [3.05, 3.63) is 71.4 Å². The average Bonchev–Trinajstić information content (AvgIpc) is 3.28. The highest BCUT2D eigenvalue weighted by Crippen LogP contribution is 2.19. The summed E-state index contributed by atoms with van der Waals surface area (Å²) in [5.74, 6) is 1.37. The van der Waals surface area contributed by atoms with E-state index in [4.69, 9.17) is 4.52 Å². The summed E-state index contributed by atoms with van der Waals surface area (Å²) in [6.07, 6.45) is 4.14. The molecule has 33 heavy (non-hydrogen) atoms. The van der Waals surface area contributed by atoms with Gasteiger partial charge in [0, 0.05) is 38.0 Å². The molecule has 1 aliphatic rings. The Balaban J connectivity index is 1.16. The van der Waals surface area contributed by atoms with Gasteiger partial charge in [-0.2, -0.15) is 4.98 Å². The van der Waals surface area contributed by atoms with Crippen LogP contribution in [0.1, 0.15) is 49.6 Å². The zero-order valence-corrected chi connectivity index (χ0v) is 19.1. The van der Waals surface area contributed by atoms with Gasteiger partial charge in [0.15, 0.2) is 0 Å². The van der Waals surface area contributed by atoms with Crippen LogP contribution in [0.15, 0.2) is 53.1 Å². The molecule has 1 saturated heterocycles. The molecule has 1 N–H and O–H groups in total. The molecule has 3 aromatic rings. The number of rotatable bonds is 9. The minimum absolute atomic E-state index is 0.000320. The molecule has 174 valence electrons. The van der Waals surface area contributed by atoms with E-state index in [1.54, 1.807) is 12.1 Å². The number of aryl methyl sites for hydroxylation is 1. The third-order valence-corrected chi connectivity index (χ3v) is 6.02. The second kappa shape index (κ2) is 11.2. The van der Waals surface area contributed by atoms with Gasteiger partial charge in [-0.15, -0.1) is 0 Å². The number of nitrogens with zero attached hydrogens (tertiary/aromatic N) is 3. The Morgan fingerprint density at radius 3 is 2.67 bits per heavy atom. The molecule has 1 unspecified atom stereocenters. The van der Waals surface area contributed by atoms with Crippen molar-refractivity contribution >= 4 is 5.91 Å². The number of amides is 1. The fraction of sp³-hybridized carbons (Fsp3) is 0.423. The second-order valence-electron chi connectivity index (χ2n) is 8.95. The molecule has 1 aliphatic heterocycles. The molecule has 2 aromatic carbocycles. The lowest BCUT2D eigenvalue weighted by molar-refractivity contribution is -0.121. The molecule has 6 nitrogen and oxygen atoms in total. The molecule has 1 amide bonds. The van der Waals surface area contributed by atoms with Crippen LogP contribution in [0.25, 0.3) is 11.4 Å². The summed E-state index contributed by atoms with van der Waals surface area (Å²) in [5.41, 5.74) is 3.11. The second-order valence-corrected chi connectivity index (χ2v) is 8.95. The van der Waals surface area contributed by atoms with E-state index < -0.39 is 0 Å². The van der Waals surface area contributed by atoms with Crippen LogP contribution in [0.2, 0.25) is 0 Å². The van der Waals surface area contributed by atoms with Crippen LogP contribution in [0, 0.1) is 11.7 Å². The zero-order chi connectivity index (χ0) is 23.0. The standard InChI is InChI=1S/C26H31FN4O2/c1-19-4-3-15-31(17-19)18-21-9-7-20(8-10-21)16-28-24(32)5-2-6-25-29-26(30-33-25)22-11-13-23(27)14-12-22/h7-14,19H,2-6,15-18H2,1H3,(H,28,32). The number of carbonyl (C=O) groups is 1. The first-order chi connectivity index (χ1) is 16.0. The van der Waals surface area contributed by atoms with E-state index in [0.29, 0.717) is 43.1 Å². The van der Waals surface area contributed by atoms with Crippen LogP contribution in [-0.2, 0) is 24.3 Å². The maximum Gasteiger partial charge on any atom is 0.226 e. The van der Waals surface area contributed by atoms with Crippen molar-refractivity contribution in [1.82, 2.24) is 20.4 Å². The van der Waals surface area contributed by atoms with Crippen molar-refractivity contribution in [3.8, 4) is 11.4 Å². The molecule has 0 saturated carbocycles. The Hall–Kier alpha value is -3.06. The first kappa shape index (κ1) is 23.1. The Morgan fingerprint density at radius 1 is 1.15 bits per heavy atom. The molecule has 1 atom stereocenters. The molecular weight excluding hydrogens is 419 g/mol. The highest BCUT2D eigenvalue weighted by molar-refractivity contribution is 5.75. The lowest BCUT2D eigenvalue weighted by Crippen LogP contribution is -2.33. The smallest absolute Gasteiger partial charge is 0.226 e. The quantitative estimate of drug-likeness (QED) is 0.510. The number of halogens is 1. The van der Waals surface area contributed by atoms with Crippen molar-refractivity contribution in [2.45, 2.75) is 52.1 Å². The first-order valence-electron chi connectivity index (χ1n) is 11.7. The summed E-state index contributed by atoms with van der Waals surface area (Å²) in [6, 6.07) is 14.5. The predicted molar refractivity (Wildman–Crippen MR) is 125 cm³/mol. The predicted octanol–water partition coefficient (Wildman–Crippen LogP) is 4.75. The van der Waals surface area contributed by atoms with Crippen LogP contribution < -0.4 is 5.32 Å². The Kier molecular flexibility index (Phi) is 7.83. The van der Waals surface area contributed by atoms with Crippen molar-refractivity contribution in [2.75, 3.05) is 13.1 Å². The largest absolute Gasteiger partial charge is 0.352 e. The lowest BCUT2D eigenvalue weighted by Gasteiger charge is -2.30. The average molecular weight is 451 g/mol. The van der Waals surface area contributed by atoms with Gasteiger partial charge >= 0.3 is 0 Å². The molecule has 0 radical (unpaired) electrons. The highest BCUT2D eigenvalue weighted by Gasteiger charge is 2.16. The zero-order valence-electron chi connectivity index (χ0n) is 19.1. The third-order valence-electron chi connectivity index (χ3n) is 6.02. The number of likely N-dealkylation sites (tertiary alicyclic amines) is 1. The van der Waals surface area contributed by atoms with Crippen LogP contribution in [0.3, 0.4) is 0 Å². The topological polar surface area (TPSA) is 71.3 Å². The summed E-state index contributed by atoms with van der Waals surface area (Å²) < 4.78 is 18.3. The van der Waals surface area contributed by atoms with E-state index in [-0.39, 0.29) is 11.7 Å². The normalized spacial score (nSPS) is 16.6. The van der Waals surface area contributed by atoms with Crippen LogP contribution >= 0.6 is 0 Å². The van der Waals surface area contributed by atoms with E-state index in [9.17, 15) is 9.18 Å². The molecule has 2 heterocycles. The van der Waals surface area contributed by atoms with Gasteiger partial charge in [0.25, 0.3) is 0 Å². The van der Waals surface area contributed by atoms with Crippen molar-refractivity contribution < 1.29 is 13.7 Å². The van der Waals surface area contributed by atoms with Gasteiger partial charge in [0.05, 0.1) is 0 Å². The number of hydrogen-bond acceptors (Lipinski definition) is 5. The van der Waals surface area contributed by atoms with Gasteiger partial charge in [-0.1, -0.05) is 36.3 Å². The Bertz CT molecular complexity index is 1030. The van der Waals surface area contributed by atoms with Crippen LogP contribution in [0.5, 0.6) is 0 Å². The van der Waals surface area contributed by atoms with E-state index in [1.165, 1.54) is 43.6 Å². The van der Waals surface area contributed by atoms with E-state index in [1.807, 2.05) is 0 Å². The minimum Gasteiger partial charge on any atom is -0.352 e. The maximum atomic E-state index is 13.0. The van der Waals surface area contributed by atoms with Crippen molar-refractivity contribution in [3.63, 3.8) is 0 Å². The van der Waals surface area contributed by atoms with Gasteiger partial charge < -0.3 is 9.84 Å². The number of benzene rings is 2. The van der Waals surface area contributed by atoms with E-state index in [0.717, 1.165) is 18.0 Å². The molecular formula is C26H31FN4O2. The third kappa shape index (κ3) is 6.96. The molecule has 0 spiro atoms. The fourth-order valence-electron chi connectivity index (χ4n) is 4.21. The van der Waals surface area contributed by atoms with Crippen LogP contribution in [-0.4, -0.2) is 34.0 Å². The van der Waals surface area contributed by atoms with Gasteiger partial charge in [0.1, 0.15) is 5.82 Å². The SMILES string of the molecule is CC1CCCN(Cc2ccc(CNC(=O)CCCc3nc(-c4ccc(F)cc4)no3)cc2)C1. The molecule has 0 aliphatic carbocycles. The van der Waals surface area contributed by atoms with Gasteiger partial charge in [-0.05, 0) is 67.1 Å². The van der Waals surface area contributed by atoms with Crippen molar-refractivity contribution in [1.29, 1.82) is 0 Å². The number of aromatic nitrogens is 2. The first-order valence-corrected chi connectivity index (χ1v) is 11.7. The number of carbonyl (C=O) groups excluding carboxylic acids is 1. The van der Waals surface area contributed by atoms with Crippen molar-refractivity contribution in [2.24, 2.45) is 5.92 Å². The number of nitrogens with one attached hydrogen (secondary N) is 1. The van der Waals surface area contributed by atoms with Gasteiger partial charge in [-0.25, -0.2) is 4.39 Å². The summed E-state index contributed by atoms with van der Waals surface area (Å²) in [5, 5.41) is 6.90. The molecule has 1 aromatic heterocycles. The Morgan fingerprint density at radius 2 is 1.91 bits per heavy atom. The van der Waals surface area contributed by atoms with E-state index >= 15 is 0 Å². The molecule has 7 heteroatoms. The fourth-order valence-corrected chi connectivity index (χ4v) is 4.21. The molecule has 4 rings (SSSR count). The summed E-state index contributed by atoms with van der Waals surface area (Å²) in [7, 11) is 0. The summed E-state index contributed by atoms with van der Waals surface area (Å²) in [4.78, 5) is 19.0. The summed E-state index contributed by atoms with van der Waals surface area (Å²) >= 11 is 0. The number of piperidine rings is 1. The lowest BCUT2D eigenvalue weighted by atomic mass is 9.99. The number of hydrogen-bond donors (Lipinski definition) is 1. The van der Waals surface area contributed by atoms with E-state index in [2.05, 4.69) is 51.5 Å².